The van der Waals surface area contributed by atoms with Crippen molar-refractivity contribution in [3.8, 4) is 0 Å². The lowest BCUT2D eigenvalue weighted by Crippen LogP contribution is -2.40. The molecule has 0 saturated heterocycles. The van der Waals surface area contributed by atoms with E-state index in [4.69, 9.17) is 5.73 Å². The van der Waals surface area contributed by atoms with E-state index in [0.717, 1.165) is 24.2 Å². The van der Waals surface area contributed by atoms with Crippen LogP contribution in [0.4, 0.5) is 0 Å². The van der Waals surface area contributed by atoms with Crippen LogP contribution in [0.3, 0.4) is 0 Å². The first-order valence-corrected chi connectivity index (χ1v) is 8.95. The molecule has 1 aromatic carbocycles. The van der Waals surface area contributed by atoms with Gasteiger partial charge in [-0.25, -0.2) is 0 Å². The van der Waals surface area contributed by atoms with E-state index in [1.54, 1.807) is 0 Å². The van der Waals surface area contributed by atoms with Crippen LogP contribution < -0.4 is 5.73 Å². The standard InChI is InChI=1S/C20H30N4O.2ClH/c1-15(14-19-16(2)22-23(4)17(19)3)20(25)24(13-11-21)12-10-18-8-6-5-7-9-18;;/h5-9,15H,10-14,21H2,1-4H3;2*1H. The Kier molecular flexibility index (Phi) is 11.3. The summed E-state index contributed by atoms with van der Waals surface area (Å²) in [7, 11) is 1.94. The fourth-order valence-electron chi connectivity index (χ4n) is 3.21. The van der Waals surface area contributed by atoms with E-state index in [1.807, 2.05) is 48.7 Å². The molecule has 2 N–H and O–H groups in total. The largest absolute Gasteiger partial charge is 0.341 e. The number of rotatable bonds is 8. The molecule has 2 aromatic rings. The van der Waals surface area contributed by atoms with E-state index in [2.05, 4.69) is 24.2 Å². The van der Waals surface area contributed by atoms with Crippen molar-refractivity contribution in [1.29, 1.82) is 0 Å². The molecule has 1 atom stereocenters. The lowest BCUT2D eigenvalue weighted by molar-refractivity contribution is -0.134. The third kappa shape index (κ3) is 6.83. The molecule has 0 aliphatic rings. The van der Waals surface area contributed by atoms with Gasteiger partial charge >= 0.3 is 0 Å². The van der Waals surface area contributed by atoms with Crippen molar-refractivity contribution < 1.29 is 4.79 Å². The van der Waals surface area contributed by atoms with E-state index in [-0.39, 0.29) is 36.6 Å². The van der Waals surface area contributed by atoms with Crippen LogP contribution in [0.1, 0.15) is 29.4 Å². The molecule has 5 nitrogen and oxygen atoms in total. The fourth-order valence-corrected chi connectivity index (χ4v) is 3.21. The molecule has 2 rings (SSSR count). The number of aryl methyl sites for hydroxylation is 2. The minimum atomic E-state index is -0.0797. The van der Waals surface area contributed by atoms with Crippen molar-refractivity contribution in [1.82, 2.24) is 14.7 Å². The highest BCUT2D eigenvalue weighted by Gasteiger charge is 2.22. The van der Waals surface area contributed by atoms with Gasteiger partial charge in [-0.15, -0.1) is 24.8 Å². The highest BCUT2D eigenvalue weighted by molar-refractivity contribution is 5.85. The van der Waals surface area contributed by atoms with Crippen LogP contribution >= 0.6 is 24.8 Å². The van der Waals surface area contributed by atoms with Gasteiger partial charge in [0.15, 0.2) is 0 Å². The highest BCUT2D eigenvalue weighted by atomic mass is 35.5. The Labute approximate surface area is 175 Å². The molecule has 0 radical (unpaired) electrons. The number of nitrogens with zero attached hydrogens (tertiary/aromatic N) is 3. The summed E-state index contributed by atoms with van der Waals surface area (Å²) < 4.78 is 1.88. The Hall–Kier alpha value is -1.56. The monoisotopic (exact) mass is 414 g/mol. The summed E-state index contributed by atoms with van der Waals surface area (Å²) >= 11 is 0. The van der Waals surface area contributed by atoms with Crippen LogP contribution in [0.5, 0.6) is 0 Å². The predicted molar refractivity (Wildman–Crippen MR) is 116 cm³/mol. The molecule has 1 heterocycles. The summed E-state index contributed by atoms with van der Waals surface area (Å²) in [6.45, 7) is 7.85. The summed E-state index contributed by atoms with van der Waals surface area (Å²) in [5.74, 6) is 0.0907. The van der Waals surface area contributed by atoms with E-state index in [9.17, 15) is 4.79 Å². The maximum Gasteiger partial charge on any atom is 0.225 e. The molecule has 0 bridgehead atoms. The summed E-state index contributed by atoms with van der Waals surface area (Å²) in [6.07, 6.45) is 1.57. The number of aromatic nitrogens is 2. The molecule has 0 spiro atoms. The second kappa shape index (κ2) is 12.0. The predicted octanol–water partition coefficient (Wildman–Crippen LogP) is 3.09. The van der Waals surface area contributed by atoms with Gasteiger partial charge in [0.1, 0.15) is 0 Å². The Bertz CT molecular complexity index is 704. The molecule has 0 aliphatic heterocycles. The Balaban J connectivity index is 0.00000338. The van der Waals surface area contributed by atoms with Crippen LogP contribution in [0.25, 0.3) is 0 Å². The van der Waals surface area contributed by atoms with E-state index < -0.39 is 0 Å². The van der Waals surface area contributed by atoms with Crippen LogP contribution in [0.15, 0.2) is 30.3 Å². The Morgan fingerprint density at radius 3 is 2.33 bits per heavy atom. The van der Waals surface area contributed by atoms with Gasteiger partial charge in [-0.1, -0.05) is 37.3 Å². The average Bonchev–Trinajstić information content (AvgIpc) is 2.85. The summed E-state index contributed by atoms with van der Waals surface area (Å²) in [6, 6.07) is 10.3. The number of hydrogen-bond acceptors (Lipinski definition) is 3. The molecule has 0 saturated carbocycles. The molecule has 0 aliphatic carbocycles. The minimum Gasteiger partial charge on any atom is -0.341 e. The zero-order valence-electron chi connectivity index (χ0n) is 16.6. The van der Waals surface area contributed by atoms with Crippen molar-refractivity contribution >= 4 is 30.7 Å². The Morgan fingerprint density at radius 2 is 1.81 bits per heavy atom. The summed E-state index contributed by atoms with van der Waals surface area (Å²) in [4.78, 5) is 14.8. The molecule has 0 fully saturated rings. The third-order valence-corrected chi connectivity index (χ3v) is 4.81. The molecule has 7 heteroatoms. The van der Waals surface area contributed by atoms with Crippen LogP contribution in [-0.4, -0.2) is 40.2 Å². The lowest BCUT2D eigenvalue weighted by atomic mass is 9.98. The third-order valence-electron chi connectivity index (χ3n) is 4.81. The van der Waals surface area contributed by atoms with E-state index in [0.29, 0.717) is 19.6 Å². The first-order valence-electron chi connectivity index (χ1n) is 8.95. The molecular formula is C20H32Cl2N4O. The zero-order chi connectivity index (χ0) is 18.4. The SMILES string of the molecule is Cc1nn(C)c(C)c1CC(C)C(=O)N(CCN)CCc1ccccc1.Cl.Cl. The smallest absolute Gasteiger partial charge is 0.225 e. The number of benzene rings is 1. The maximum absolute atomic E-state index is 12.9. The van der Waals surface area contributed by atoms with Crippen LogP contribution in [0, 0.1) is 19.8 Å². The van der Waals surface area contributed by atoms with Crippen molar-refractivity contribution in [2.45, 2.75) is 33.6 Å². The first kappa shape index (κ1) is 25.4. The lowest BCUT2D eigenvalue weighted by Gasteiger charge is -2.25. The highest BCUT2D eigenvalue weighted by Crippen LogP contribution is 2.18. The van der Waals surface area contributed by atoms with Crippen molar-refractivity contribution in [3.05, 3.63) is 52.8 Å². The number of hydrogen-bond donors (Lipinski definition) is 1. The summed E-state index contributed by atoms with van der Waals surface area (Å²) in [5.41, 5.74) is 10.3. The molecular weight excluding hydrogens is 383 g/mol. The number of carbonyl (C=O) groups is 1. The molecule has 1 aromatic heterocycles. The van der Waals surface area contributed by atoms with Gasteiger partial charge in [0, 0.05) is 38.3 Å². The number of halogens is 2. The molecule has 1 unspecified atom stereocenters. The van der Waals surface area contributed by atoms with Gasteiger partial charge in [0.25, 0.3) is 0 Å². The molecule has 152 valence electrons. The first-order chi connectivity index (χ1) is 11.9. The topological polar surface area (TPSA) is 64.2 Å². The van der Waals surface area contributed by atoms with Gasteiger partial charge in [-0.05, 0) is 37.8 Å². The van der Waals surface area contributed by atoms with Crippen molar-refractivity contribution in [2.24, 2.45) is 18.7 Å². The second-order valence-corrected chi connectivity index (χ2v) is 6.73. The van der Waals surface area contributed by atoms with Gasteiger partial charge < -0.3 is 10.6 Å². The quantitative estimate of drug-likeness (QED) is 0.721. The maximum atomic E-state index is 12.9. The van der Waals surface area contributed by atoms with Crippen molar-refractivity contribution in [2.75, 3.05) is 19.6 Å². The van der Waals surface area contributed by atoms with Gasteiger partial charge in [0.05, 0.1) is 5.69 Å². The fraction of sp³-hybridized carbons (Fsp3) is 0.500. The molecule has 1 amide bonds. The Morgan fingerprint density at radius 1 is 1.19 bits per heavy atom. The zero-order valence-corrected chi connectivity index (χ0v) is 18.3. The normalized spacial score (nSPS) is 11.3. The van der Waals surface area contributed by atoms with Crippen LogP contribution in [-0.2, 0) is 24.7 Å². The van der Waals surface area contributed by atoms with E-state index >= 15 is 0 Å². The van der Waals surface area contributed by atoms with Gasteiger partial charge in [-0.2, -0.15) is 5.10 Å². The minimum absolute atomic E-state index is 0. The number of nitrogens with two attached hydrogens (primary N) is 1. The average molecular weight is 415 g/mol. The number of amides is 1. The second-order valence-electron chi connectivity index (χ2n) is 6.73. The van der Waals surface area contributed by atoms with Gasteiger partial charge in [0.2, 0.25) is 5.91 Å². The molecule has 27 heavy (non-hydrogen) atoms. The van der Waals surface area contributed by atoms with Crippen LogP contribution in [0.2, 0.25) is 0 Å². The summed E-state index contributed by atoms with van der Waals surface area (Å²) in [5, 5.41) is 4.45. The van der Waals surface area contributed by atoms with Gasteiger partial charge in [-0.3, -0.25) is 9.48 Å². The number of carbonyl (C=O) groups excluding carboxylic acids is 1. The van der Waals surface area contributed by atoms with Crippen molar-refractivity contribution in [3.63, 3.8) is 0 Å². The van der Waals surface area contributed by atoms with E-state index in [1.165, 1.54) is 11.1 Å².